The van der Waals surface area contributed by atoms with Crippen LogP contribution in [-0.4, -0.2) is 12.5 Å². The standard InChI is InChI=1S/C16H16BrClN2O3/c1-2-22-14-8-11(16(21)20-19)7-13(17)15(14)23-9-10-3-5-12(18)6-4-10/h3-8H,2,9,19H2,1H3,(H,20,21). The van der Waals surface area contributed by atoms with Gasteiger partial charge in [-0.2, -0.15) is 0 Å². The number of carbonyl (C=O) groups excluding carboxylic acids is 1. The maximum atomic E-state index is 11.7. The van der Waals surface area contributed by atoms with E-state index in [1.54, 1.807) is 24.3 Å². The zero-order valence-electron chi connectivity index (χ0n) is 12.4. The first-order chi connectivity index (χ1) is 11.0. The van der Waals surface area contributed by atoms with E-state index in [1.165, 1.54) is 0 Å². The van der Waals surface area contributed by atoms with Crippen molar-refractivity contribution in [3.63, 3.8) is 0 Å². The smallest absolute Gasteiger partial charge is 0.265 e. The third kappa shape index (κ3) is 4.60. The summed E-state index contributed by atoms with van der Waals surface area (Å²) < 4.78 is 12.0. The van der Waals surface area contributed by atoms with Gasteiger partial charge >= 0.3 is 0 Å². The van der Waals surface area contributed by atoms with Gasteiger partial charge in [-0.05, 0) is 52.7 Å². The molecule has 0 saturated carbocycles. The first-order valence-corrected chi connectivity index (χ1v) is 8.06. The van der Waals surface area contributed by atoms with Crippen molar-refractivity contribution in [3.05, 3.63) is 57.0 Å². The van der Waals surface area contributed by atoms with Crippen LogP contribution < -0.4 is 20.7 Å². The van der Waals surface area contributed by atoms with Gasteiger partial charge in [0.05, 0.1) is 11.1 Å². The van der Waals surface area contributed by atoms with Crippen molar-refractivity contribution in [2.75, 3.05) is 6.61 Å². The first kappa shape index (κ1) is 17.6. The van der Waals surface area contributed by atoms with Gasteiger partial charge in [0.25, 0.3) is 5.91 Å². The summed E-state index contributed by atoms with van der Waals surface area (Å²) in [5.74, 6) is 5.75. The van der Waals surface area contributed by atoms with E-state index in [4.69, 9.17) is 26.9 Å². The molecule has 0 fully saturated rings. The van der Waals surface area contributed by atoms with Gasteiger partial charge in [0.2, 0.25) is 0 Å². The molecule has 0 heterocycles. The van der Waals surface area contributed by atoms with Crippen LogP contribution >= 0.6 is 27.5 Å². The number of benzene rings is 2. The van der Waals surface area contributed by atoms with Gasteiger partial charge in [-0.25, -0.2) is 5.84 Å². The van der Waals surface area contributed by atoms with Crippen LogP contribution in [0.5, 0.6) is 11.5 Å². The Labute approximate surface area is 147 Å². The maximum absolute atomic E-state index is 11.7. The van der Waals surface area contributed by atoms with Gasteiger partial charge < -0.3 is 9.47 Å². The van der Waals surface area contributed by atoms with Crippen LogP contribution in [0.1, 0.15) is 22.8 Å². The van der Waals surface area contributed by atoms with Gasteiger partial charge in [0.15, 0.2) is 11.5 Å². The topological polar surface area (TPSA) is 73.6 Å². The number of nitrogens with two attached hydrogens (primary N) is 1. The number of halogens is 2. The summed E-state index contributed by atoms with van der Waals surface area (Å²) in [7, 11) is 0. The monoisotopic (exact) mass is 398 g/mol. The predicted molar refractivity (Wildman–Crippen MR) is 92.7 cm³/mol. The Kier molecular flexibility index (Phi) is 6.27. The van der Waals surface area contributed by atoms with Crippen molar-refractivity contribution in [2.45, 2.75) is 13.5 Å². The maximum Gasteiger partial charge on any atom is 0.265 e. The lowest BCUT2D eigenvalue weighted by Crippen LogP contribution is -2.30. The third-order valence-electron chi connectivity index (χ3n) is 3.00. The molecule has 0 radical (unpaired) electrons. The van der Waals surface area contributed by atoms with Crippen molar-refractivity contribution in [1.29, 1.82) is 0 Å². The van der Waals surface area contributed by atoms with Gasteiger partial charge in [-0.1, -0.05) is 23.7 Å². The lowest BCUT2D eigenvalue weighted by Gasteiger charge is -2.15. The van der Waals surface area contributed by atoms with Crippen LogP contribution in [0.25, 0.3) is 0 Å². The van der Waals surface area contributed by atoms with Gasteiger partial charge in [0, 0.05) is 10.6 Å². The summed E-state index contributed by atoms with van der Waals surface area (Å²) >= 11 is 9.27. The molecule has 0 aromatic heterocycles. The van der Waals surface area contributed by atoms with Crippen LogP contribution in [0.15, 0.2) is 40.9 Å². The average molecular weight is 400 g/mol. The molecule has 2 rings (SSSR count). The highest BCUT2D eigenvalue weighted by molar-refractivity contribution is 9.10. The fraction of sp³-hybridized carbons (Fsp3) is 0.188. The van der Waals surface area contributed by atoms with Crippen molar-refractivity contribution >= 4 is 33.4 Å². The molecule has 0 saturated heterocycles. The molecule has 5 nitrogen and oxygen atoms in total. The van der Waals surface area contributed by atoms with Crippen LogP contribution in [0.2, 0.25) is 5.02 Å². The molecule has 2 aromatic carbocycles. The Morgan fingerprint density at radius 2 is 1.96 bits per heavy atom. The fourth-order valence-corrected chi connectivity index (χ4v) is 2.60. The highest BCUT2D eigenvalue weighted by atomic mass is 79.9. The SMILES string of the molecule is CCOc1cc(C(=O)NN)cc(Br)c1OCc1ccc(Cl)cc1. The predicted octanol–water partition coefficient (Wildman–Crippen LogP) is 3.68. The Morgan fingerprint density at radius 1 is 1.26 bits per heavy atom. The fourth-order valence-electron chi connectivity index (χ4n) is 1.92. The van der Waals surface area contributed by atoms with E-state index in [0.717, 1.165) is 5.56 Å². The molecule has 7 heteroatoms. The lowest BCUT2D eigenvalue weighted by atomic mass is 10.2. The summed E-state index contributed by atoms with van der Waals surface area (Å²) in [4.78, 5) is 11.7. The Balaban J connectivity index is 2.25. The molecule has 0 bridgehead atoms. The Morgan fingerprint density at radius 3 is 2.57 bits per heavy atom. The van der Waals surface area contributed by atoms with E-state index >= 15 is 0 Å². The molecule has 0 unspecified atom stereocenters. The largest absolute Gasteiger partial charge is 0.490 e. The zero-order chi connectivity index (χ0) is 16.8. The number of rotatable bonds is 6. The van der Waals surface area contributed by atoms with Crippen LogP contribution in [0.4, 0.5) is 0 Å². The van der Waals surface area contributed by atoms with E-state index in [1.807, 2.05) is 19.1 Å². The molecule has 0 aliphatic rings. The molecule has 0 aliphatic carbocycles. The summed E-state index contributed by atoms with van der Waals surface area (Å²) in [6.45, 7) is 2.64. The van der Waals surface area contributed by atoms with Crippen LogP contribution in [-0.2, 0) is 6.61 Å². The first-order valence-electron chi connectivity index (χ1n) is 6.89. The minimum absolute atomic E-state index is 0.346. The molecular formula is C16H16BrClN2O3. The number of hydrogen-bond acceptors (Lipinski definition) is 4. The van der Waals surface area contributed by atoms with Gasteiger partial charge in [-0.3, -0.25) is 10.2 Å². The summed E-state index contributed by atoms with van der Waals surface area (Å²) in [5.41, 5.74) is 3.43. The molecule has 3 N–H and O–H groups in total. The van der Waals surface area contributed by atoms with Gasteiger partial charge in [-0.15, -0.1) is 0 Å². The Bertz CT molecular complexity index is 692. The van der Waals surface area contributed by atoms with E-state index in [2.05, 4.69) is 21.4 Å². The number of hydrazine groups is 1. The summed E-state index contributed by atoms with van der Waals surface area (Å²) in [6, 6.07) is 10.6. The average Bonchev–Trinajstić information content (AvgIpc) is 2.55. The van der Waals surface area contributed by atoms with Crippen molar-refractivity contribution in [2.24, 2.45) is 5.84 Å². The second-order valence-electron chi connectivity index (χ2n) is 4.61. The Hall–Kier alpha value is -1.76. The van der Waals surface area contributed by atoms with Crippen LogP contribution in [0, 0.1) is 0 Å². The lowest BCUT2D eigenvalue weighted by molar-refractivity contribution is 0.0953. The minimum Gasteiger partial charge on any atom is -0.490 e. The van der Waals surface area contributed by atoms with E-state index in [9.17, 15) is 4.79 Å². The molecule has 122 valence electrons. The zero-order valence-corrected chi connectivity index (χ0v) is 14.8. The van der Waals surface area contributed by atoms with Crippen LogP contribution in [0.3, 0.4) is 0 Å². The minimum atomic E-state index is -0.407. The van der Waals surface area contributed by atoms with Crippen molar-refractivity contribution in [3.8, 4) is 11.5 Å². The number of carbonyl (C=O) groups is 1. The summed E-state index contributed by atoms with van der Waals surface area (Å²) in [6.07, 6.45) is 0. The summed E-state index contributed by atoms with van der Waals surface area (Å²) in [5, 5.41) is 0.669. The number of hydrogen-bond donors (Lipinski definition) is 2. The molecule has 2 aromatic rings. The molecular weight excluding hydrogens is 384 g/mol. The quantitative estimate of drug-likeness (QED) is 0.441. The van der Waals surface area contributed by atoms with E-state index in [-0.39, 0.29) is 0 Å². The second-order valence-corrected chi connectivity index (χ2v) is 5.90. The molecule has 0 atom stereocenters. The normalized spacial score (nSPS) is 10.3. The highest BCUT2D eigenvalue weighted by Crippen LogP contribution is 2.37. The number of nitrogens with one attached hydrogen (secondary N) is 1. The molecule has 0 aliphatic heterocycles. The van der Waals surface area contributed by atoms with E-state index < -0.39 is 5.91 Å². The molecule has 0 spiro atoms. The van der Waals surface area contributed by atoms with Gasteiger partial charge in [0.1, 0.15) is 6.61 Å². The highest BCUT2D eigenvalue weighted by Gasteiger charge is 2.15. The second kappa shape index (κ2) is 8.19. The molecule has 1 amide bonds. The number of amides is 1. The van der Waals surface area contributed by atoms with Crippen molar-refractivity contribution in [1.82, 2.24) is 5.43 Å². The van der Waals surface area contributed by atoms with Crippen molar-refractivity contribution < 1.29 is 14.3 Å². The molecule has 23 heavy (non-hydrogen) atoms. The third-order valence-corrected chi connectivity index (χ3v) is 3.84. The van der Waals surface area contributed by atoms with E-state index in [0.29, 0.717) is 39.8 Å². The number of ether oxygens (including phenoxy) is 2. The number of nitrogen functional groups attached to an aromatic ring is 1.